The Hall–Kier alpha value is -1.00. The van der Waals surface area contributed by atoms with E-state index in [9.17, 15) is 13.9 Å². The summed E-state index contributed by atoms with van der Waals surface area (Å²) >= 11 is 0. The van der Waals surface area contributed by atoms with Gasteiger partial charge in [0.2, 0.25) is 0 Å². The molecule has 0 spiro atoms. The minimum Gasteiger partial charge on any atom is -0.385 e. The molecule has 1 N–H and O–H groups in total. The van der Waals surface area contributed by atoms with Crippen LogP contribution in [0.25, 0.3) is 0 Å². The van der Waals surface area contributed by atoms with Crippen LogP contribution in [0.3, 0.4) is 0 Å². The summed E-state index contributed by atoms with van der Waals surface area (Å²) in [6, 6.07) is 3.19. The van der Waals surface area contributed by atoms with Crippen LogP contribution < -0.4 is 0 Å². The van der Waals surface area contributed by atoms with Gasteiger partial charge in [0.05, 0.1) is 5.60 Å². The van der Waals surface area contributed by atoms with Crippen molar-refractivity contribution in [1.29, 1.82) is 0 Å². The lowest BCUT2D eigenvalue weighted by Crippen LogP contribution is -2.45. The fraction of sp³-hybridized carbons (Fsp3) is 0.500. The van der Waals surface area contributed by atoms with E-state index in [2.05, 4.69) is 0 Å². The molecule has 1 aromatic carbocycles. The molecule has 2 nitrogen and oxygen atoms in total. The second-order valence-corrected chi connectivity index (χ2v) is 4.19. The van der Waals surface area contributed by atoms with E-state index in [-0.39, 0.29) is 5.56 Å². The molecular formula is C12H14F2O2. The number of hydrogen-bond acceptors (Lipinski definition) is 2. The van der Waals surface area contributed by atoms with Crippen molar-refractivity contribution >= 4 is 0 Å². The van der Waals surface area contributed by atoms with Crippen LogP contribution in [0, 0.1) is 11.6 Å². The van der Waals surface area contributed by atoms with Crippen molar-refractivity contribution in [3.63, 3.8) is 0 Å². The molecule has 0 radical (unpaired) electrons. The average Bonchev–Trinajstić information content (AvgIpc) is 2.16. The highest BCUT2D eigenvalue weighted by Crippen LogP contribution is 2.45. The molecule has 4 heteroatoms. The number of ether oxygens (including phenoxy) is 1. The third-order valence-electron chi connectivity index (χ3n) is 3.36. The molecule has 2 rings (SSSR count). The van der Waals surface area contributed by atoms with Gasteiger partial charge in [-0.05, 0) is 25.3 Å². The highest BCUT2D eigenvalue weighted by atomic mass is 19.1. The van der Waals surface area contributed by atoms with Gasteiger partial charge >= 0.3 is 0 Å². The van der Waals surface area contributed by atoms with Crippen molar-refractivity contribution in [1.82, 2.24) is 0 Å². The normalized spacial score (nSPS) is 20.2. The first-order valence-electron chi connectivity index (χ1n) is 5.27. The highest BCUT2D eigenvalue weighted by molar-refractivity contribution is 5.24. The molecular weight excluding hydrogens is 214 g/mol. The largest absolute Gasteiger partial charge is 0.385 e. The lowest BCUT2D eigenvalue weighted by Gasteiger charge is -2.44. The molecule has 0 amide bonds. The molecule has 0 bridgehead atoms. The lowest BCUT2D eigenvalue weighted by atomic mass is 9.73. The van der Waals surface area contributed by atoms with Crippen LogP contribution >= 0.6 is 0 Å². The Bertz CT molecular complexity index is 383. The maximum absolute atomic E-state index is 13.5. The zero-order chi connectivity index (χ0) is 11.8. The minimum absolute atomic E-state index is 0.1000. The number of halogens is 2. The van der Waals surface area contributed by atoms with Crippen LogP contribution in [0.1, 0.15) is 30.9 Å². The summed E-state index contributed by atoms with van der Waals surface area (Å²) in [6.07, 6.45) is 1.31. The van der Waals surface area contributed by atoms with Crippen LogP contribution in [0.2, 0.25) is 0 Å². The van der Waals surface area contributed by atoms with E-state index in [1.54, 1.807) is 0 Å². The predicted octanol–water partition coefficient (Wildman–Crippen LogP) is 2.57. The van der Waals surface area contributed by atoms with Crippen molar-refractivity contribution in [2.45, 2.75) is 31.0 Å². The van der Waals surface area contributed by atoms with Crippen molar-refractivity contribution in [2.75, 3.05) is 7.11 Å². The molecule has 0 aliphatic heterocycles. The molecule has 0 heterocycles. The van der Waals surface area contributed by atoms with E-state index >= 15 is 0 Å². The first kappa shape index (κ1) is 11.5. The van der Waals surface area contributed by atoms with E-state index in [1.165, 1.54) is 13.2 Å². The molecule has 88 valence electrons. The summed E-state index contributed by atoms with van der Waals surface area (Å²) in [5.74, 6) is -1.37. The SMILES string of the molecule is COC1(C(O)c2ccc(F)cc2F)CCC1. The predicted molar refractivity (Wildman–Crippen MR) is 54.9 cm³/mol. The first-order chi connectivity index (χ1) is 7.59. The average molecular weight is 228 g/mol. The van der Waals surface area contributed by atoms with Gasteiger partial charge < -0.3 is 9.84 Å². The molecule has 1 aliphatic rings. The maximum atomic E-state index is 13.5. The Labute approximate surface area is 92.9 Å². The van der Waals surface area contributed by atoms with E-state index in [4.69, 9.17) is 4.74 Å². The van der Waals surface area contributed by atoms with Gasteiger partial charge in [0.25, 0.3) is 0 Å². The zero-order valence-electron chi connectivity index (χ0n) is 9.04. The van der Waals surface area contributed by atoms with Gasteiger partial charge in [-0.2, -0.15) is 0 Å². The summed E-state index contributed by atoms with van der Waals surface area (Å²) in [6.45, 7) is 0. The van der Waals surface area contributed by atoms with Crippen LogP contribution in [-0.2, 0) is 4.74 Å². The van der Waals surface area contributed by atoms with Crippen molar-refractivity contribution in [2.24, 2.45) is 0 Å². The Kier molecular flexibility index (Phi) is 2.95. The van der Waals surface area contributed by atoms with Gasteiger partial charge in [-0.15, -0.1) is 0 Å². The summed E-state index contributed by atoms with van der Waals surface area (Å²) < 4.78 is 31.5. The maximum Gasteiger partial charge on any atom is 0.132 e. The number of rotatable bonds is 3. The second-order valence-electron chi connectivity index (χ2n) is 4.19. The smallest absolute Gasteiger partial charge is 0.132 e. The second kappa shape index (κ2) is 4.11. The van der Waals surface area contributed by atoms with Gasteiger partial charge in [-0.25, -0.2) is 8.78 Å². The number of hydrogen-bond donors (Lipinski definition) is 1. The lowest BCUT2D eigenvalue weighted by molar-refractivity contribution is -0.152. The van der Waals surface area contributed by atoms with Crippen LogP contribution in [0.15, 0.2) is 18.2 Å². The molecule has 16 heavy (non-hydrogen) atoms. The van der Waals surface area contributed by atoms with E-state index in [0.29, 0.717) is 12.8 Å². The Balaban J connectivity index is 2.29. The van der Waals surface area contributed by atoms with Crippen LogP contribution in [0.4, 0.5) is 8.78 Å². The summed E-state index contributed by atoms with van der Waals surface area (Å²) in [7, 11) is 1.50. The third kappa shape index (κ3) is 1.72. The van der Waals surface area contributed by atoms with E-state index in [1.807, 2.05) is 0 Å². The van der Waals surface area contributed by atoms with Gasteiger partial charge in [0.1, 0.15) is 17.7 Å². The molecule has 0 aromatic heterocycles. The quantitative estimate of drug-likeness (QED) is 0.861. The number of aliphatic hydroxyl groups excluding tert-OH is 1. The Morgan fingerprint density at radius 1 is 1.38 bits per heavy atom. The molecule has 1 aliphatic carbocycles. The van der Waals surface area contributed by atoms with Crippen molar-refractivity contribution < 1.29 is 18.6 Å². The summed E-state index contributed by atoms with van der Waals surface area (Å²) in [5.41, 5.74) is -0.596. The fourth-order valence-electron chi connectivity index (χ4n) is 2.12. The molecule has 0 saturated heterocycles. The number of benzene rings is 1. The van der Waals surface area contributed by atoms with E-state index in [0.717, 1.165) is 18.6 Å². The Morgan fingerprint density at radius 2 is 2.06 bits per heavy atom. The standard InChI is InChI=1S/C12H14F2O2/c1-16-12(5-2-6-12)11(15)9-4-3-8(13)7-10(9)14/h3-4,7,11,15H,2,5-6H2,1H3. The molecule has 1 unspecified atom stereocenters. The summed E-state index contributed by atoms with van der Waals surface area (Å²) in [5, 5.41) is 10.1. The molecule has 1 aromatic rings. The van der Waals surface area contributed by atoms with E-state index < -0.39 is 23.3 Å². The van der Waals surface area contributed by atoms with Crippen LogP contribution in [-0.4, -0.2) is 17.8 Å². The third-order valence-corrected chi connectivity index (χ3v) is 3.36. The number of methoxy groups -OCH3 is 1. The number of aliphatic hydroxyl groups is 1. The topological polar surface area (TPSA) is 29.5 Å². The van der Waals surface area contributed by atoms with Crippen molar-refractivity contribution in [3.05, 3.63) is 35.4 Å². The molecule has 1 saturated carbocycles. The Morgan fingerprint density at radius 3 is 2.50 bits per heavy atom. The van der Waals surface area contributed by atoms with Gasteiger partial charge in [0, 0.05) is 18.7 Å². The highest BCUT2D eigenvalue weighted by Gasteiger charge is 2.45. The van der Waals surface area contributed by atoms with Gasteiger partial charge in [-0.3, -0.25) is 0 Å². The first-order valence-corrected chi connectivity index (χ1v) is 5.27. The van der Waals surface area contributed by atoms with Gasteiger partial charge in [0.15, 0.2) is 0 Å². The fourth-order valence-corrected chi connectivity index (χ4v) is 2.12. The van der Waals surface area contributed by atoms with Gasteiger partial charge in [-0.1, -0.05) is 6.07 Å². The summed E-state index contributed by atoms with van der Waals surface area (Å²) in [4.78, 5) is 0. The zero-order valence-corrected chi connectivity index (χ0v) is 9.04. The minimum atomic E-state index is -1.04. The van der Waals surface area contributed by atoms with Crippen LogP contribution in [0.5, 0.6) is 0 Å². The van der Waals surface area contributed by atoms with Crippen molar-refractivity contribution in [3.8, 4) is 0 Å². The monoisotopic (exact) mass is 228 g/mol. The molecule has 1 fully saturated rings. The molecule has 1 atom stereocenters.